The number of aromatic nitrogens is 2. The Kier molecular flexibility index (Phi) is 7.35. The van der Waals surface area contributed by atoms with Gasteiger partial charge in [-0.2, -0.15) is 0 Å². The number of aryl methyl sites for hydroxylation is 2. The first-order valence-electron chi connectivity index (χ1n) is 24.6. The first-order chi connectivity index (χ1) is 32.8. The minimum absolute atomic E-state index is 0.0174. The molecule has 4 aliphatic rings. The highest BCUT2D eigenvalue weighted by atomic mass is 28.3. The van der Waals surface area contributed by atoms with Crippen LogP contribution in [0.5, 0.6) is 0 Å². The number of fused-ring (bicyclic) bond motifs is 13. The normalized spacial score (nSPS) is 14.6. The molecule has 2 aromatic heterocycles. The lowest BCUT2D eigenvalue weighted by Gasteiger charge is -2.44. The molecule has 0 saturated carbocycles. The summed E-state index contributed by atoms with van der Waals surface area (Å²) in [5.74, 6) is 0. The largest absolute Gasteiger partial charge is 0.310 e. The summed E-state index contributed by atoms with van der Waals surface area (Å²) in [7, 11) is -3.69. The second-order valence-electron chi connectivity index (χ2n) is 22.6. The lowest BCUT2D eigenvalue weighted by molar-refractivity contribution is 0.750. The highest BCUT2D eigenvalue weighted by Crippen LogP contribution is 2.61. The quantitative estimate of drug-likeness (QED) is 0.156. The Morgan fingerprint density at radius 3 is 1.69 bits per heavy atom. The molecule has 0 amide bonds. The Bertz CT molecular complexity index is 4070. The monoisotopic (exact) mass is 902 g/mol. The van der Waals surface area contributed by atoms with E-state index in [1.165, 1.54) is 149 Å². The maximum absolute atomic E-state index is 2.80. The molecule has 0 unspecified atom stereocenters. The molecule has 1 aliphatic carbocycles. The number of hydrogen-bond donors (Lipinski definition) is 0. The third-order valence-electron chi connectivity index (χ3n) is 16.7. The molecule has 11 aromatic rings. The second kappa shape index (κ2) is 12.8. The average molecular weight is 903 g/mol. The Morgan fingerprint density at radius 2 is 1.03 bits per heavy atom. The molecule has 1 spiro atoms. The molecule has 15 rings (SSSR count). The van der Waals surface area contributed by atoms with Crippen LogP contribution >= 0.6 is 0 Å². The molecule has 0 bridgehead atoms. The van der Waals surface area contributed by atoms with Crippen molar-refractivity contribution in [3.63, 3.8) is 0 Å². The van der Waals surface area contributed by atoms with Crippen molar-refractivity contribution in [2.45, 2.75) is 58.5 Å². The van der Waals surface area contributed by atoms with Crippen molar-refractivity contribution in [3.05, 3.63) is 197 Å². The predicted molar refractivity (Wildman–Crippen MR) is 297 cm³/mol. The smallest absolute Gasteiger partial charge is 0.252 e. The standard InChI is InChI=1S/C63H51BN2Si2/c1-36-21-25-38(26-22-36)55-56-43-16-10-9-15-40(43)31-52-62(56)65(58(55)39-27-23-37(2)24-28-39)54-30-29-50-61-57(54)64(52)53-35-42(68(6,7)8)33-47-46-32-41(67(3,4)5)34-51(59(46)66(61)60(47)53)63(50)48-19-13-11-17-44(48)45-18-12-14-20-49(45)63/h9-35H,1-8H3. The van der Waals surface area contributed by atoms with E-state index in [1.54, 1.807) is 0 Å². The van der Waals surface area contributed by atoms with E-state index >= 15 is 0 Å². The van der Waals surface area contributed by atoms with Gasteiger partial charge < -0.3 is 9.13 Å². The minimum Gasteiger partial charge on any atom is -0.310 e. The van der Waals surface area contributed by atoms with Crippen molar-refractivity contribution in [2.75, 3.05) is 0 Å². The Hall–Kier alpha value is -6.92. The van der Waals surface area contributed by atoms with Crippen molar-refractivity contribution in [1.82, 2.24) is 9.13 Å². The maximum atomic E-state index is 2.80. The summed E-state index contributed by atoms with van der Waals surface area (Å²) in [6, 6.07) is 65.0. The number of rotatable bonds is 4. The summed E-state index contributed by atoms with van der Waals surface area (Å²) in [5, 5.41) is 9.86. The van der Waals surface area contributed by atoms with Gasteiger partial charge in [-0.25, -0.2) is 0 Å². The van der Waals surface area contributed by atoms with Crippen LogP contribution in [-0.2, 0) is 5.41 Å². The van der Waals surface area contributed by atoms with E-state index in [2.05, 4.69) is 226 Å². The van der Waals surface area contributed by atoms with Gasteiger partial charge in [-0.1, -0.05) is 219 Å². The van der Waals surface area contributed by atoms with Gasteiger partial charge in [-0.05, 0) is 91.6 Å². The van der Waals surface area contributed by atoms with Crippen molar-refractivity contribution < 1.29 is 0 Å². The molecule has 0 atom stereocenters. The van der Waals surface area contributed by atoms with E-state index in [9.17, 15) is 0 Å². The highest BCUT2D eigenvalue weighted by Gasteiger charge is 2.55. The van der Waals surface area contributed by atoms with Crippen LogP contribution < -0.4 is 26.8 Å². The van der Waals surface area contributed by atoms with Crippen molar-refractivity contribution in [2.24, 2.45) is 0 Å². The Balaban J connectivity index is 1.23. The summed E-state index contributed by atoms with van der Waals surface area (Å²) in [6.07, 6.45) is 0. The fourth-order valence-electron chi connectivity index (χ4n) is 13.6. The van der Waals surface area contributed by atoms with E-state index in [1.807, 2.05) is 0 Å². The number of nitrogens with zero attached hydrogens (tertiary/aromatic N) is 2. The topological polar surface area (TPSA) is 9.86 Å². The number of hydrogen-bond acceptors (Lipinski definition) is 0. The SMILES string of the molecule is Cc1ccc(-c2c(-c3ccc(C)cc3)n3c4c(cc5ccccc5c24)B2c4c-3ccc3c4-n4c5c2cc([Si](C)(C)C)cc5c2cc([Si](C)(C)C)cc(c24)C32c3ccccc3-c3ccccc32)cc1. The molecular formula is C63H51BN2Si2. The summed E-state index contributed by atoms with van der Waals surface area (Å²) in [5.41, 5.74) is 26.6. The van der Waals surface area contributed by atoms with Gasteiger partial charge in [0.25, 0.3) is 6.71 Å². The molecule has 0 radical (unpaired) electrons. The molecule has 68 heavy (non-hydrogen) atoms. The van der Waals surface area contributed by atoms with Crippen LogP contribution in [-0.4, -0.2) is 32.0 Å². The second-order valence-corrected chi connectivity index (χ2v) is 32.7. The molecule has 0 N–H and O–H groups in total. The van der Waals surface area contributed by atoms with E-state index < -0.39 is 21.6 Å². The first-order valence-corrected chi connectivity index (χ1v) is 31.6. The molecule has 324 valence electrons. The summed E-state index contributed by atoms with van der Waals surface area (Å²) < 4.78 is 5.53. The minimum atomic E-state index is -1.85. The molecule has 3 aliphatic heterocycles. The molecule has 5 heteroatoms. The van der Waals surface area contributed by atoms with Gasteiger partial charge in [0.15, 0.2) is 0 Å². The lowest BCUT2D eigenvalue weighted by atomic mass is 9.33. The first kappa shape index (κ1) is 39.1. The molecular weight excluding hydrogens is 852 g/mol. The third kappa shape index (κ3) is 4.65. The molecule has 2 nitrogen and oxygen atoms in total. The van der Waals surface area contributed by atoms with Gasteiger partial charge in [0.1, 0.15) is 0 Å². The van der Waals surface area contributed by atoms with E-state index in [0.717, 1.165) is 0 Å². The fraction of sp³-hybridized carbons (Fsp3) is 0.143. The van der Waals surface area contributed by atoms with Crippen LogP contribution in [0.15, 0.2) is 164 Å². The Morgan fingerprint density at radius 1 is 0.456 bits per heavy atom. The molecule has 5 heterocycles. The highest BCUT2D eigenvalue weighted by molar-refractivity contribution is 7.01. The summed E-state index contributed by atoms with van der Waals surface area (Å²) >= 11 is 0. The zero-order valence-electron chi connectivity index (χ0n) is 40.1. The van der Waals surface area contributed by atoms with Crippen LogP contribution in [0.2, 0.25) is 39.3 Å². The summed E-state index contributed by atoms with van der Waals surface area (Å²) in [6.45, 7) is 19.7. The van der Waals surface area contributed by atoms with E-state index in [0.29, 0.717) is 0 Å². The third-order valence-corrected chi connectivity index (χ3v) is 20.7. The van der Waals surface area contributed by atoms with Crippen LogP contribution in [0.3, 0.4) is 0 Å². The van der Waals surface area contributed by atoms with Gasteiger partial charge in [0, 0.05) is 38.6 Å². The van der Waals surface area contributed by atoms with Crippen LogP contribution in [0.25, 0.3) is 88.4 Å². The number of benzene rings is 9. The van der Waals surface area contributed by atoms with Crippen molar-refractivity contribution in [1.29, 1.82) is 0 Å². The molecule has 0 fully saturated rings. The molecule has 9 aromatic carbocycles. The van der Waals surface area contributed by atoms with Crippen LogP contribution in [0.1, 0.15) is 33.4 Å². The van der Waals surface area contributed by atoms with Crippen LogP contribution in [0.4, 0.5) is 0 Å². The van der Waals surface area contributed by atoms with Gasteiger partial charge in [0.05, 0.1) is 38.3 Å². The zero-order chi connectivity index (χ0) is 45.9. The van der Waals surface area contributed by atoms with Crippen molar-refractivity contribution >= 4 is 93.1 Å². The van der Waals surface area contributed by atoms with E-state index in [-0.39, 0.29) is 6.71 Å². The molecule has 0 saturated heterocycles. The van der Waals surface area contributed by atoms with Crippen LogP contribution in [0, 0.1) is 13.8 Å². The van der Waals surface area contributed by atoms with Gasteiger partial charge in [0.2, 0.25) is 0 Å². The average Bonchev–Trinajstić information content (AvgIpc) is 3.97. The Labute approximate surface area is 400 Å². The zero-order valence-corrected chi connectivity index (χ0v) is 42.1. The van der Waals surface area contributed by atoms with Crippen molar-refractivity contribution in [3.8, 4) is 44.9 Å². The predicted octanol–water partition coefficient (Wildman–Crippen LogP) is 12.7. The van der Waals surface area contributed by atoms with Gasteiger partial charge >= 0.3 is 0 Å². The van der Waals surface area contributed by atoms with Gasteiger partial charge in [-0.15, -0.1) is 0 Å². The van der Waals surface area contributed by atoms with Gasteiger partial charge in [-0.3, -0.25) is 0 Å². The lowest BCUT2D eigenvalue weighted by Crippen LogP contribution is -2.61. The fourth-order valence-corrected chi connectivity index (χ4v) is 15.9. The van der Waals surface area contributed by atoms with E-state index in [4.69, 9.17) is 0 Å². The maximum Gasteiger partial charge on any atom is 0.252 e. The summed E-state index contributed by atoms with van der Waals surface area (Å²) in [4.78, 5) is 0.